The summed E-state index contributed by atoms with van der Waals surface area (Å²) in [6.45, 7) is 15.1. The SMILES string of the molecule is C=CCN(C(=O)C(NC(=O)OC(C)(C)C)C(C)C)C(C(=O)NCCCCC)c1ccccc1O. The van der Waals surface area contributed by atoms with E-state index >= 15 is 0 Å². The van der Waals surface area contributed by atoms with Gasteiger partial charge in [0.05, 0.1) is 0 Å². The van der Waals surface area contributed by atoms with Crippen LogP contribution in [-0.4, -0.2) is 52.6 Å². The van der Waals surface area contributed by atoms with Gasteiger partial charge in [0.25, 0.3) is 0 Å². The molecule has 0 aliphatic rings. The van der Waals surface area contributed by atoms with Crippen LogP contribution in [0.4, 0.5) is 4.79 Å². The predicted molar refractivity (Wildman–Crippen MR) is 133 cm³/mol. The summed E-state index contributed by atoms with van der Waals surface area (Å²) >= 11 is 0. The molecule has 1 aromatic carbocycles. The Bertz CT molecular complexity index is 832. The highest BCUT2D eigenvalue weighted by Crippen LogP contribution is 2.30. The molecule has 1 aromatic rings. The number of benzene rings is 1. The summed E-state index contributed by atoms with van der Waals surface area (Å²) in [5, 5.41) is 16.1. The number of phenols is 1. The number of ether oxygens (including phenoxy) is 1. The maximum absolute atomic E-state index is 13.7. The highest BCUT2D eigenvalue weighted by molar-refractivity contribution is 5.92. The van der Waals surface area contributed by atoms with E-state index in [0.29, 0.717) is 12.1 Å². The molecule has 2 unspecified atom stereocenters. The van der Waals surface area contributed by atoms with Crippen molar-refractivity contribution in [1.29, 1.82) is 0 Å². The first-order valence-corrected chi connectivity index (χ1v) is 11.9. The van der Waals surface area contributed by atoms with Gasteiger partial charge >= 0.3 is 6.09 Å². The number of rotatable bonds is 12. The van der Waals surface area contributed by atoms with Gasteiger partial charge in [-0.25, -0.2) is 4.79 Å². The molecule has 1 rings (SSSR count). The number of hydrogen-bond acceptors (Lipinski definition) is 5. The van der Waals surface area contributed by atoms with Gasteiger partial charge in [0.1, 0.15) is 23.4 Å². The number of amides is 3. The number of phenolic OH excluding ortho intramolecular Hbond substituents is 1. The average Bonchev–Trinajstić information content (AvgIpc) is 2.74. The first-order valence-electron chi connectivity index (χ1n) is 11.9. The van der Waals surface area contributed by atoms with Gasteiger partial charge in [-0.3, -0.25) is 9.59 Å². The molecule has 190 valence electrons. The van der Waals surface area contributed by atoms with Crippen molar-refractivity contribution in [3.63, 3.8) is 0 Å². The molecule has 0 aliphatic heterocycles. The molecule has 0 radical (unpaired) electrons. The topological polar surface area (TPSA) is 108 Å². The molecule has 0 bridgehead atoms. The van der Waals surface area contributed by atoms with Gasteiger partial charge in [0.15, 0.2) is 0 Å². The molecule has 0 aromatic heterocycles. The fourth-order valence-electron chi connectivity index (χ4n) is 3.44. The van der Waals surface area contributed by atoms with Gasteiger partial charge in [-0.2, -0.15) is 0 Å². The Hall–Kier alpha value is -3.03. The van der Waals surface area contributed by atoms with Crippen LogP contribution in [0.25, 0.3) is 0 Å². The van der Waals surface area contributed by atoms with Crippen molar-refractivity contribution in [2.75, 3.05) is 13.1 Å². The Morgan fingerprint density at radius 1 is 1.18 bits per heavy atom. The zero-order chi connectivity index (χ0) is 25.9. The van der Waals surface area contributed by atoms with Gasteiger partial charge < -0.3 is 25.4 Å². The van der Waals surface area contributed by atoms with Crippen molar-refractivity contribution >= 4 is 17.9 Å². The third kappa shape index (κ3) is 9.08. The summed E-state index contributed by atoms with van der Waals surface area (Å²) in [7, 11) is 0. The average molecular weight is 476 g/mol. The van der Waals surface area contributed by atoms with Gasteiger partial charge in [0, 0.05) is 18.7 Å². The Morgan fingerprint density at radius 2 is 1.82 bits per heavy atom. The number of unbranched alkanes of at least 4 members (excludes halogenated alkanes) is 2. The molecular weight excluding hydrogens is 434 g/mol. The normalized spacial score (nSPS) is 13.0. The smallest absolute Gasteiger partial charge is 0.408 e. The first-order chi connectivity index (χ1) is 15.9. The fourth-order valence-corrected chi connectivity index (χ4v) is 3.44. The summed E-state index contributed by atoms with van der Waals surface area (Å²) < 4.78 is 5.34. The lowest BCUT2D eigenvalue weighted by atomic mass is 9.98. The molecule has 0 saturated heterocycles. The van der Waals surface area contributed by atoms with Crippen molar-refractivity contribution in [3.8, 4) is 5.75 Å². The molecular formula is C26H41N3O5. The minimum atomic E-state index is -1.10. The van der Waals surface area contributed by atoms with Crippen LogP contribution >= 0.6 is 0 Å². The van der Waals surface area contributed by atoms with E-state index in [1.807, 2.05) is 0 Å². The maximum Gasteiger partial charge on any atom is 0.408 e. The number of para-hydroxylation sites is 1. The number of aromatic hydroxyl groups is 1. The van der Waals surface area contributed by atoms with Crippen molar-refractivity contribution in [3.05, 3.63) is 42.5 Å². The van der Waals surface area contributed by atoms with Gasteiger partial charge in [-0.15, -0.1) is 6.58 Å². The predicted octanol–water partition coefficient (Wildman–Crippen LogP) is 4.30. The highest BCUT2D eigenvalue weighted by Gasteiger charge is 2.37. The van der Waals surface area contributed by atoms with Crippen LogP contribution < -0.4 is 10.6 Å². The summed E-state index contributed by atoms with van der Waals surface area (Å²) in [4.78, 5) is 40.8. The molecule has 2 atom stereocenters. The van der Waals surface area contributed by atoms with E-state index in [-0.39, 0.29) is 18.2 Å². The number of nitrogens with one attached hydrogen (secondary N) is 2. The third-order valence-corrected chi connectivity index (χ3v) is 5.08. The standard InChI is InChI=1S/C26H41N3O5/c1-8-10-13-16-27-23(31)22(19-14-11-12-15-20(19)30)29(17-9-2)24(32)21(18(3)4)28-25(33)34-26(5,6)7/h9,11-12,14-15,18,21-22,30H,2,8,10,13,16-17H2,1,3-7H3,(H,27,31)(H,28,33). The van der Waals surface area contributed by atoms with Crippen molar-refractivity contribution < 1.29 is 24.2 Å². The van der Waals surface area contributed by atoms with Crippen LogP contribution in [0.3, 0.4) is 0 Å². The van der Waals surface area contributed by atoms with E-state index in [2.05, 4.69) is 24.1 Å². The monoisotopic (exact) mass is 475 g/mol. The van der Waals surface area contributed by atoms with Gasteiger partial charge in [-0.05, 0) is 39.2 Å². The number of nitrogens with zero attached hydrogens (tertiary/aromatic N) is 1. The second-order valence-electron chi connectivity index (χ2n) is 9.61. The number of hydrogen-bond donors (Lipinski definition) is 3. The van der Waals surface area contributed by atoms with Gasteiger partial charge in [0.2, 0.25) is 11.8 Å². The van der Waals surface area contributed by atoms with E-state index in [4.69, 9.17) is 4.74 Å². The van der Waals surface area contributed by atoms with Gasteiger partial charge in [-0.1, -0.05) is 57.9 Å². The lowest BCUT2D eigenvalue weighted by Gasteiger charge is -2.35. The summed E-state index contributed by atoms with van der Waals surface area (Å²) in [6.07, 6.45) is 3.57. The van der Waals surface area contributed by atoms with E-state index in [9.17, 15) is 19.5 Å². The van der Waals surface area contributed by atoms with E-state index < -0.39 is 35.6 Å². The Morgan fingerprint density at radius 3 is 2.35 bits per heavy atom. The Labute approximate surface area is 203 Å². The van der Waals surface area contributed by atoms with Crippen molar-refractivity contribution in [2.24, 2.45) is 5.92 Å². The number of carbonyl (C=O) groups excluding carboxylic acids is 3. The Kier molecular flexibility index (Phi) is 11.6. The molecule has 0 spiro atoms. The van der Waals surface area contributed by atoms with E-state index in [0.717, 1.165) is 19.3 Å². The van der Waals surface area contributed by atoms with Crippen LogP contribution in [0.5, 0.6) is 5.75 Å². The second-order valence-corrected chi connectivity index (χ2v) is 9.61. The first kappa shape index (κ1) is 29.0. The zero-order valence-electron chi connectivity index (χ0n) is 21.4. The minimum absolute atomic E-state index is 0.0411. The molecule has 34 heavy (non-hydrogen) atoms. The molecule has 0 saturated carbocycles. The lowest BCUT2D eigenvalue weighted by Crippen LogP contribution is -2.55. The molecule has 0 fully saturated rings. The second kappa shape index (κ2) is 13.6. The summed E-state index contributed by atoms with van der Waals surface area (Å²) in [6, 6.07) is 4.38. The van der Waals surface area contributed by atoms with Crippen molar-refractivity contribution in [1.82, 2.24) is 15.5 Å². The Balaban J connectivity index is 3.34. The summed E-state index contributed by atoms with van der Waals surface area (Å²) in [5.74, 6) is -1.27. The quantitative estimate of drug-likeness (QED) is 0.308. The molecule has 0 heterocycles. The largest absolute Gasteiger partial charge is 0.508 e. The van der Waals surface area contributed by atoms with Crippen LogP contribution in [0.15, 0.2) is 36.9 Å². The lowest BCUT2D eigenvalue weighted by molar-refractivity contribution is -0.142. The third-order valence-electron chi connectivity index (χ3n) is 5.08. The van der Waals surface area contributed by atoms with E-state index in [1.54, 1.807) is 52.8 Å². The number of carbonyl (C=O) groups is 3. The van der Waals surface area contributed by atoms with Crippen LogP contribution in [0, 0.1) is 5.92 Å². The van der Waals surface area contributed by atoms with Crippen LogP contribution in [0.1, 0.15) is 72.4 Å². The zero-order valence-corrected chi connectivity index (χ0v) is 21.4. The van der Waals surface area contributed by atoms with Crippen molar-refractivity contribution in [2.45, 2.75) is 78.5 Å². The van der Waals surface area contributed by atoms with E-state index in [1.165, 1.54) is 17.0 Å². The van der Waals surface area contributed by atoms with Crippen LogP contribution in [0.2, 0.25) is 0 Å². The number of alkyl carbamates (subject to hydrolysis) is 1. The van der Waals surface area contributed by atoms with Crippen LogP contribution in [-0.2, 0) is 14.3 Å². The highest BCUT2D eigenvalue weighted by atomic mass is 16.6. The maximum atomic E-state index is 13.7. The molecule has 3 amide bonds. The molecule has 8 nitrogen and oxygen atoms in total. The molecule has 8 heteroatoms. The molecule has 0 aliphatic carbocycles. The fraction of sp³-hybridized carbons (Fsp3) is 0.577. The summed E-state index contributed by atoms with van der Waals surface area (Å²) in [5.41, 5.74) is -0.433. The molecule has 3 N–H and O–H groups in total. The minimum Gasteiger partial charge on any atom is -0.508 e.